The van der Waals surface area contributed by atoms with Crippen LogP contribution in [0.15, 0.2) is 22.9 Å². The average molecular weight is 509 g/mol. The van der Waals surface area contributed by atoms with Gasteiger partial charge in [0, 0.05) is 0 Å². The molecule has 4 aromatic rings. The second kappa shape index (κ2) is 9.62. The van der Waals surface area contributed by atoms with Gasteiger partial charge in [-0.05, 0) is 36.7 Å². The van der Waals surface area contributed by atoms with Gasteiger partial charge in [0.15, 0.2) is 11.5 Å². The normalized spacial score (nSPS) is 11.0. The number of rotatable bonds is 8. The third-order valence-corrected chi connectivity index (χ3v) is 9.21. The van der Waals surface area contributed by atoms with Crippen molar-refractivity contribution in [3.63, 3.8) is 0 Å². The topological polar surface area (TPSA) is 71.1 Å². The minimum atomic E-state index is -0.354. The maximum Gasteiger partial charge on any atom is 0.339 e. The lowest BCUT2D eigenvalue weighted by molar-refractivity contribution is 0.0518. The number of methoxy groups -OCH3 is 2. The Labute approximate surface area is 200 Å². The molecule has 4 rings (SSSR count). The SMILES string of the molecule is CCOC(=O)c1ccsc1-c1sc2c(OC)c(-c3sccc3C(=O)OCC)sc2c1OC. The molecule has 0 spiro atoms. The minimum absolute atomic E-state index is 0.311. The fourth-order valence-electron chi connectivity index (χ4n) is 3.27. The number of ether oxygens (including phenoxy) is 4. The van der Waals surface area contributed by atoms with Gasteiger partial charge in [0.2, 0.25) is 0 Å². The Morgan fingerprint density at radius 1 is 0.719 bits per heavy atom. The molecule has 0 bridgehead atoms. The number of hydrogen-bond donors (Lipinski definition) is 0. The van der Waals surface area contributed by atoms with Gasteiger partial charge in [0.05, 0.1) is 67.5 Å². The fourth-order valence-corrected chi connectivity index (χ4v) is 8.12. The van der Waals surface area contributed by atoms with Crippen molar-refractivity contribution in [1.82, 2.24) is 0 Å². The van der Waals surface area contributed by atoms with Crippen LogP contribution in [0.2, 0.25) is 0 Å². The van der Waals surface area contributed by atoms with E-state index >= 15 is 0 Å². The Morgan fingerprint density at radius 3 is 1.47 bits per heavy atom. The molecular weight excluding hydrogens is 489 g/mol. The monoisotopic (exact) mass is 508 g/mol. The molecule has 0 aliphatic heterocycles. The van der Waals surface area contributed by atoms with Crippen molar-refractivity contribution in [2.75, 3.05) is 27.4 Å². The largest absolute Gasteiger partial charge is 0.494 e. The van der Waals surface area contributed by atoms with Crippen molar-refractivity contribution in [1.29, 1.82) is 0 Å². The van der Waals surface area contributed by atoms with E-state index in [1.165, 1.54) is 45.3 Å². The summed E-state index contributed by atoms with van der Waals surface area (Å²) in [5.41, 5.74) is 1.04. The molecule has 0 atom stereocenters. The first-order chi connectivity index (χ1) is 15.5. The zero-order valence-electron chi connectivity index (χ0n) is 17.8. The van der Waals surface area contributed by atoms with Crippen molar-refractivity contribution in [2.24, 2.45) is 0 Å². The molecule has 0 N–H and O–H groups in total. The highest BCUT2D eigenvalue weighted by atomic mass is 32.1. The zero-order chi connectivity index (χ0) is 22.8. The number of carbonyl (C=O) groups excluding carboxylic acids is 2. The van der Waals surface area contributed by atoms with Gasteiger partial charge in [-0.1, -0.05) is 0 Å². The highest BCUT2D eigenvalue weighted by molar-refractivity contribution is 7.34. The van der Waals surface area contributed by atoms with E-state index in [2.05, 4.69) is 0 Å². The van der Waals surface area contributed by atoms with Gasteiger partial charge >= 0.3 is 11.9 Å². The third kappa shape index (κ3) is 3.81. The van der Waals surface area contributed by atoms with E-state index < -0.39 is 0 Å². The van der Waals surface area contributed by atoms with Crippen molar-refractivity contribution >= 4 is 66.7 Å². The molecule has 10 heteroatoms. The summed E-state index contributed by atoms with van der Waals surface area (Å²) in [5.74, 6) is 0.657. The minimum Gasteiger partial charge on any atom is -0.494 e. The van der Waals surface area contributed by atoms with Crippen LogP contribution in [0.3, 0.4) is 0 Å². The molecule has 0 aromatic carbocycles. The highest BCUT2D eigenvalue weighted by Crippen LogP contribution is 2.57. The molecule has 0 saturated carbocycles. The maximum absolute atomic E-state index is 12.4. The molecule has 0 amide bonds. The Morgan fingerprint density at radius 2 is 1.12 bits per heavy atom. The molecule has 0 fully saturated rings. The van der Waals surface area contributed by atoms with E-state index in [4.69, 9.17) is 18.9 Å². The first-order valence-corrected chi connectivity index (χ1v) is 13.1. The lowest BCUT2D eigenvalue weighted by Gasteiger charge is -2.06. The van der Waals surface area contributed by atoms with E-state index in [1.54, 1.807) is 40.2 Å². The maximum atomic E-state index is 12.4. The predicted molar refractivity (Wildman–Crippen MR) is 131 cm³/mol. The van der Waals surface area contributed by atoms with Crippen molar-refractivity contribution in [2.45, 2.75) is 13.8 Å². The second-order valence-electron chi connectivity index (χ2n) is 6.35. The molecule has 0 unspecified atom stereocenters. The van der Waals surface area contributed by atoms with Gasteiger partial charge in [-0.2, -0.15) is 0 Å². The molecule has 0 aliphatic carbocycles. The molecule has 0 saturated heterocycles. The smallest absolute Gasteiger partial charge is 0.339 e. The first-order valence-electron chi connectivity index (χ1n) is 9.72. The van der Waals surface area contributed by atoms with E-state index in [0.29, 0.717) is 35.8 Å². The molecule has 32 heavy (non-hydrogen) atoms. The number of carbonyl (C=O) groups is 2. The lowest BCUT2D eigenvalue weighted by atomic mass is 10.2. The first kappa shape index (κ1) is 22.8. The molecule has 4 aromatic heterocycles. The van der Waals surface area contributed by atoms with Crippen LogP contribution in [0.1, 0.15) is 34.6 Å². The summed E-state index contributed by atoms with van der Waals surface area (Å²) in [4.78, 5) is 28.2. The van der Waals surface area contributed by atoms with Gasteiger partial charge in [0.25, 0.3) is 0 Å². The Bertz CT molecular complexity index is 1180. The molecular formula is C22H20O6S4. The zero-order valence-corrected chi connectivity index (χ0v) is 21.1. The van der Waals surface area contributed by atoms with Crippen molar-refractivity contribution in [3.8, 4) is 31.0 Å². The molecule has 6 nitrogen and oxygen atoms in total. The van der Waals surface area contributed by atoms with Crippen LogP contribution in [0.25, 0.3) is 28.9 Å². The van der Waals surface area contributed by atoms with Crippen molar-refractivity contribution < 1.29 is 28.5 Å². The third-order valence-electron chi connectivity index (χ3n) is 4.58. The number of hydrogen-bond acceptors (Lipinski definition) is 10. The van der Waals surface area contributed by atoms with Crippen LogP contribution < -0.4 is 9.47 Å². The number of fused-ring (bicyclic) bond motifs is 1. The summed E-state index contributed by atoms with van der Waals surface area (Å²) in [5, 5.41) is 3.74. The van der Waals surface area contributed by atoms with Gasteiger partial charge in [-0.15, -0.1) is 45.3 Å². The summed E-state index contributed by atoms with van der Waals surface area (Å²) in [6.45, 7) is 4.19. The van der Waals surface area contributed by atoms with E-state index in [0.717, 1.165) is 28.9 Å². The van der Waals surface area contributed by atoms with Crippen LogP contribution in [0.4, 0.5) is 0 Å². The number of esters is 2. The van der Waals surface area contributed by atoms with Crippen LogP contribution in [-0.2, 0) is 9.47 Å². The number of thiophene rings is 4. The summed E-state index contributed by atoms with van der Waals surface area (Å²) >= 11 is 5.94. The van der Waals surface area contributed by atoms with Gasteiger partial charge in [0.1, 0.15) is 0 Å². The van der Waals surface area contributed by atoms with Crippen LogP contribution in [0, 0.1) is 0 Å². The second-order valence-corrected chi connectivity index (χ2v) is 10.2. The Balaban J connectivity index is 1.87. The van der Waals surface area contributed by atoms with Gasteiger partial charge < -0.3 is 18.9 Å². The Hall–Kier alpha value is -2.40. The fraction of sp³-hybridized carbons (Fsp3) is 0.273. The molecule has 0 radical (unpaired) electrons. The van der Waals surface area contributed by atoms with Crippen LogP contribution in [0.5, 0.6) is 11.5 Å². The standard InChI is InChI=1S/C22H20O6S4/c1-5-27-21(23)11-7-9-29-15(11)17-13(25-3)19-20(31-17)14(26-4)18(32-19)16-12(8-10-30-16)22(24)28-6-2/h7-10H,5-6H2,1-4H3. The lowest BCUT2D eigenvalue weighted by Crippen LogP contribution is -2.04. The summed E-state index contributed by atoms with van der Waals surface area (Å²) < 4.78 is 23.8. The Kier molecular flexibility index (Phi) is 6.85. The van der Waals surface area contributed by atoms with Crippen LogP contribution >= 0.6 is 45.3 Å². The summed E-state index contributed by atoms with van der Waals surface area (Å²) in [6, 6.07) is 3.54. The summed E-state index contributed by atoms with van der Waals surface area (Å²) in [7, 11) is 3.23. The van der Waals surface area contributed by atoms with Crippen molar-refractivity contribution in [3.05, 3.63) is 34.0 Å². The highest BCUT2D eigenvalue weighted by Gasteiger charge is 2.29. The van der Waals surface area contributed by atoms with Crippen LogP contribution in [-0.4, -0.2) is 39.4 Å². The van der Waals surface area contributed by atoms with E-state index in [9.17, 15) is 9.59 Å². The van der Waals surface area contributed by atoms with Gasteiger partial charge in [-0.25, -0.2) is 9.59 Å². The van der Waals surface area contributed by atoms with Gasteiger partial charge in [-0.3, -0.25) is 0 Å². The quantitative estimate of drug-likeness (QED) is 0.244. The molecule has 168 valence electrons. The predicted octanol–water partition coefficient (Wildman–Crippen LogP) is 6.79. The van der Waals surface area contributed by atoms with E-state index in [-0.39, 0.29) is 11.9 Å². The summed E-state index contributed by atoms with van der Waals surface area (Å²) in [6.07, 6.45) is 0. The molecule has 4 heterocycles. The average Bonchev–Trinajstić information content (AvgIpc) is 3.55. The molecule has 0 aliphatic rings. The van der Waals surface area contributed by atoms with E-state index in [1.807, 2.05) is 10.8 Å².